The molecule has 0 spiro atoms. The highest BCUT2D eigenvalue weighted by Crippen LogP contribution is 2.27. The standard InChI is InChI=1S/C18H35Cl3OSSi/c1-18(23)22-16-14-12-10-8-6-4-2-3-5-7-9-11-13-15-17-24(19,20)21/h2-17H2,1H3. The van der Waals surface area contributed by atoms with Gasteiger partial charge in [0.15, 0.2) is 5.05 Å². The van der Waals surface area contributed by atoms with Gasteiger partial charge in [0.25, 0.3) is 0 Å². The van der Waals surface area contributed by atoms with Crippen molar-refractivity contribution < 1.29 is 4.74 Å². The minimum Gasteiger partial charge on any atom is -0.487 e. The summed E-state index contributed by atoms with van der Waals surface area (Å²) in [6.07, 6.45) is 18.3. The van der Waals surface area contributed by atoms with Crippen molar-refractivity contribution in [3.8, 4) is 0 Å². The quantitative estimate of drug-likeness (QED) is 0.0984. The Morgan fingerprint density at radius 2 is 1.00 bits per heavy atom. The van der Waals surface area contributed by atoms with Crippen molar-refractivity contribution >= 4 is 56.5 Å². The predicted molar refractivity (Wildman–Crippen MR) is 117 cm³/mol. The summed E-state index contributed by atoms with van der Waals surface area (Å²) in [6, 6.07) is -1.55. The zero-order chi connectivity index (χ0) is 18.1. The molecule has 0 N–H and O–H groups in total. The van der Waals surface area contributed by atoms with E-state index in [0.29, 0.717) is 5.05 Å². The van der Waals surface area contributed by atoms with Crippen LogP contribution in [0.15, 0.2) is 0 Å². The molecular formula is C18H35Cl3OSSi. The number of halogens is 3. The lowest BCUT2D eigenvalue weighted by molar-refractivity contribution is 0.297. The van der Waals surface area contributed by atoms with E-state index in [-0.39, 0.29) is 0 Å². The first-order valence-corrected chi connectivity index (χ1v) is 15.3. The van der Waals surface area contributed by atoms with Crippen LogP contribution in [-0.4, -0.2) is 17.7 Å². The van der Waals surface area contributed by atoms with E-state index in [1.165, 1.54) is 77.0 Å². The molecule has 0 saturated heterocycles. The van der Waals surface area contributed by atoms with Gasteiger partial charge in [0.1, 0.15) is 0 Å². The third kappa shape index (κ3) is 23.0. The number of rotatable bonds is 17. The SMILES string of the molecule is CC(=S)OCCCCCCCCCCCCCCCC[Si](Cl)(Cl)Cl. The summed E-state index contributed by atoms with van der Waals surface area (Å²) in [4.78, 5) is 0. The molecule has 0 fully saturated rings. The summed E-state index contributed by atoms with van der Waals surface area (Å²) < 4.78 is 5.29. The average molecular weight is 434 g/mol. The number of unbranched alkanes of at least 4 members (excludes halogenated alkanes) is 13. The zero-order valence-corrected chi connectivity index (χ0v) is 19.3. The molecule has 0 aliphatic rings. The van der Waals surface area contributed by atoms with Gasteiger partial charge in [-0.1, -0.05) is 83.5 Å². The molecule has 0 aromatic rings. The summed E-state index contributed by atoms with van der Waals surface area (Å²) in [5, 5.41) is 0.666. The maximum atomic E-state index is 5.87. The lowest BCUT2D eigenvalue weighted by Gasteiger charge is -2.07. The van der Waals surface area contributed by atoms with Gasteiger partial charge < -0.3 is 4.74 Å². The summed E-state index contributed by atoms with van der Waals surface area (Å²) in [5.41, 5.74) is 0. The first-order chi connectivity index (χ1) is 11.4. The average Bonchev–Trinajstić information content (AvgIpc) is 2.49. The fraction of sp³-hybridized carbons (Fsp3) is 0.944. The van der Waals surface area contributed by atoms with Crippen LogP contribution in [0.2, 0.25) is 6.04 Å². The highest BCUT2D eigenvalue weighted by Gasteiger charge is 2.23. The van der Waals surface area contributed by atoms with Crippen LogP contribution < -0.4 is 0 Å². The van der Waals surface area contributed by atoms with E-state index < -0.39 is 6.00 Å². The molecule has 6 heteroatoms. The van der Waals surface area contributed by atoms with Crippen LogP contribution in [-0.2, 0) is 4.74 Å². The number of thiocarbonyl (C=S) groups is 1. The lowest BCUT2D eigenvalue weighted by Crippen LogP contribution is -2.07. The molecule has 0 aromatic carbocycles. The highest BCUT2D eigenvalue weighted by molar-refractivity contribution is 7.80. The van der Waals surface area contributed by atoms with Crippen molar-refractivity contribution in [1.29, 1.82) is 0 Å². The van der Waals surface area contributed by atoms with Gasteiger partial charge in [0.2, 0.25) is 0 Å². The smallest absolute Gasteiger partial charge is 0.341 e. The molecule has 0 aliphatic carbocycles. The monoisotopic (exact) mass is 432 g/mol. The van der Waals surface area contributed by atoms with Crippen LogP contribution in [0.5, 0.6) is 0 Å². The molecule has 0 aromatic heterocycles. The highest BCUT2D eigenvalue weighted by atomic mass is 35.8. The van der Waals surface area contributed by atoms with Gasteiger partial charge in [0.05, 0.1) is 6.61 Å². The molecule has 0 unspecified atom stereocenters. The topological polar surface area (TPSA) is 9.23 Å². The third-order valence-corrected chi connectivity index (χ3v) is 6.90. The van der Waals surface area contributed by atoms with E-state index in [4.69, 9.17) is 50.2 Å². The fourth-order valence-electron chi connectivity index (χ4n) is 2.76. The molecule has 24 heavy (non-hydrogen) atoms. The van der Waals surface area contributed by atoms with Gasteiger partial charge in [-0.2, -0.15) is 0 Å². The van der Waals surface area contributed by atoms with Gasteiger partial charge in [-0.3, -0.25) is 0 Å². The Morgan fingerprint density at radius 3 is 1.33 bits per heavy atom. The summed E-state index contributed by atoms with van der Waals surface area (Å²) in [7, 11) is 0. The number of hydrogen-bond acceptors (Lipinski definition) is 2. The molecule has 0 rings (SSSR count). The maximum Gasteiger partial charge on any atom is 0.341 e. The minimum atomic E-state index is -2.36. The van der Waals surface area contributed by atoms with Crippen LogP contribution in [0.3, 0.4) is 0 Å². The molecule has 144 valence electrons. The molecule has 0 heterocycles. The van der Waals surface area contributed by atoms with Crippen molar-refractivity contribution in [3.63, 3.8) is 0 Å². The Kier molecular flexibility index (Phi) is 18.1. The first kappa shape index (κ1) is 25.0. The molecular weight excluding hydrogens is 399 g/mol. The number of ether oxygens (including phenoxy) is 1. The molecule has 0 aliphatic heterocycles. The first-order valence-electron chi connectivity index (χ1n) is 9.62. The van der Waals surface area contributed by atoms with E-state index in [1.54, 1.807) is 0 Å². The van der Waals surface area contributed by atoms with E-state index in [1.807, 2.05) is 6.92 Å². The maximum absolute atomic E-state index is 5.87. The lowest BCUT2D eigenvalue weighted by atomic mass is 10.0. The van der Waals surface area contributed by atoms with Crippen LogP contribution in [0, 0.1) is 0 Å². The van der Waals surface area contributed by atoms with E-state index in [0.717, 1.165) is 25.5 Å². The van der Waals surface area contributed by atoms with Crippen molar-refractivity contribution in [2.24, 2.45) is 0 Å². The fourth-order valence-corrected chi connectivity index (χ4v) is 4.70. The predicted octanol–water partition coefficient (Wildman–Crippen LogP) is 8.47. The van der Waals surface area contributed by atoms with Crippen LogP contribution in [0.1, 0.15) is 96.8 Å². The third-order valence-electron chi connectivity index (χ3n) is 4.16. The van der Waals surface area contributed by atoms with Crippen molar-refractivity contribution in [1.82, 2.24) is 0 Å². The Morgan fingerprint density at radius 1 is 0.667 bits per heavy atom. The van der Waals surface area contributed by atoms with Gasteiger partial charge in [0, 0.05) is 6.92 Å². The van der Waals surface area contributed by atoms with E-state index >= 15 is 0 Å². The Labute approximate surface area is 170 Å². The van der Waals surface area contributed by atoms with Crippen molar-refractivity contribution in [3.05, 3.63) is 0 Å². The van der Waals surface area contributed by atoms with Gasteiger partial charge in [-0.15, -0.1) is 33.2 Å². The van der Waals surface area contributed by atoms with Crippen molar-refractivity contribution in [2.75, 3.05) is 6.61 Å². The normalized spacial score (nSPS) is 11.7. The largest absolute Gasteiger partial charge is 0.487 e. The Hall–Kier alpha value is 0.977. The minimum absolute atomic E-state index is 0.666. The second kappa shape index (κ2) is 17.4. The van der Waals surface area contributed by atoms with Crippen LogP contribution in [0.4, 0.5) is 0 Å². The molecule has 0 bridgehead atoms. The van der Waals surface area contributed by atoms with E-state index in [9.17, 15) is 0 Å². The summed E-state index contributed by atoms with van der Waals surface area (Å²) >= 11 is 22.5. The Bertz CT molecular complexity index is 298. The van der Waals surface area contributed by atoms with Crippen molar-refractivity contribution in [2.45, 2.75) is 103 Å². The van der Waals surface area contributed by atoms with Crippen LogP contribution in [0.25, 0.3) is 0 Å². The summed E-state index contributed by atoms with van der Waals surface area (Å²) in [6.45, 7) is 2.63. The molecule has 0 saturated carbocycles. The van der Waals surface area contributed by atoms with Crippen LogP contribution >= 0.6 is 45.5 Å². The van der Waals surface area contributed by atoms with Gasteiger partial charge >= 0.3 is 6.00 Å². The number of hydrogen-bond donors (Lipinski definition) is 0. The Balaban J connectivity index is 3.04. The molecule has 0 amide bonds. The molecule has 0 radical (unpaired) electrons. The second-order valence-electron chi connectivity index (χ2n) is 6.65. The molecule has 0 atom stereocenters. The summed E-state index contributed by atoms with van der Waals surface area (Å²) in [5.74, 6) is 0. The van der Waals surface area contributed by atoms with Gasteiger partial charge in [-0.05, 0) is 24.7 Å². The second-order valence-corrected chi connectivity index (χ2v) is 16.5. The zero-order valence-electron chi connectivity index (χ0n) is 15.3. The van der Waals surface area contributed by atoms with Gasteiger partial charge in [-0.25, -0.2) is 0 Å². The van der Waals surface area contributed by atoms with E-state index in [2.05, 4.69) is 0 Å². The molecule has 1 nitrogen and oxygen atoms in total.